The number of alkyl halides is 3. The molecule has 21 heavy (non-hydrogen) atoms. The van der Waals surface area contributed by atoms with Gasteiger partial charge in [0.15, 0.2) is 0 Å². The van der Waals surface area contributed by atoms with Crippen molar-refractivity contribution in [2.24, 2.45) is 0 Å². The molecule has 11 heteroatoms. The number of hydrogen-bond donors (Lipinski definition) is 3. The van der Waals surface area contributed by atoms with Gasteiger partial charge < -0.3 is 11.1 Å². The highest BCUT2D eigenvalue weighted by molar-refractivity contribution is 14.1. The number of rotatable bonds is 4. The van der Waals surface area contributed by atoms with Gasteiger partial charge in [0.1, 0.15) is 11.8 Å². The lowest BCUT2D eigenvalue weighted by Crippen LogP contribution is -2.49. The van der Waals surface area contributed by atoms with E-state index in [1.165, 1.54) is 17.4 Å². The quantitative estimate of drug-likeness (QED) is 0.375. The molecule has 1 rings (SSSR count). The summed E-state index contributed by atoms with van der Waals surface area (Å²) in [4.78, 5) is 11.8. The summed E-state index contributed by atoms with van der Waals surface area (Å²) in [6.45, 7) is 0. The summed E-state index contributed by atoms with van der Waals surface area (Å²) in [6, 6.07) is 1.40. The van der Waals surface area contributed by atoms with Crippen molar-refractivity contribution in [3.05, 3.63) is 27.3 Å². The Labute approximate surface area is 131 Å². The van der Waals surface area contributed by atoms with Crippen LogP contribution in [0.15, 0.2) is 18.2 Å². The average Bonchev–Trinajstić information content (AvgIpc) is 2.28. The third-order valence-corrected chi connectivity index (χ3v) is 3.76. The zero-order valence-electron chi connectivity index (χ0n) is 10.2. The minimum atomic E-state index is -5.04. The van der Waals surface area contributed by atoms with Crippen molar-refractivity contribution in [2.75, 3.05) is 11.5 Å². The Morgan fingerprint density at radius 2 is 2.00 bits per heavy atom. The van der Waals surface area contributed by atoms with Crippen LogP contribution in [0.1, 0.15) is 10.4 Å². The molecule has 0 spiro atoms. The molecule has 0 aliphatic rings. The maximum atomic E-state index is 12.7. The molecule has 0 radical (unpaired) electrons. The minimum absolute atomic E-state index is 0.0549. The first kappa shape index (κ1) is 18.0. The number of carbonyl (C=O) groups excluding carboxylic acids is 1. The predicted molar refractivity (Wildman–Crippen MR) is 77.3 cm³/mol. The maximum Gasteiger partial charge on any atom is 0.409 e. The van der Waals surface area contributed by atoms with E-state index in [1.807, 2.05) is 22.6 Å². The SMILES string of the molecule is Nc1ccc(I)cc1C(=O)NC(CS(=O)(=O)O)C(F)(F)F. The van der Waals surface area contributed by atoms with Crippen molar-refractivity contribution in [2.45, 2.75) is 12.2 Å². The molecule has 0 heterocycles. The number of anilines is 1. The number of nitrogens with two attached hydrogens (primary N) is 1. The van der Waals surface area contributed by atoms with Crippen LogP contribution in [-0.2, 0) is 10.1 Å². The molecule has 1 unspecified atom stereocenters. The molecular formula is C10H10F3IN2O4S. The van der Waals surface area contributed by atoms with Gasteiger partial charge in [-0.1, -0.05) is 0 Å². The lowest BCUT2D eigenvalue weighted by Gasteiger charge is -2.20. The summed E-state index contributed by atoms with van der Waals surface area (Å²) in [5.74, 6) is -2.86. The molecule has 1 amide bonds. The third-order valence-electron chi connectivity index (χ3n) is 2.34. The van der Waals surface area contributed by atoms with Crippen LogP contribution >= 0.6 is 22.6 Å². The van der Waals surface area contributed by atoms with E-state index < -0.39 is 34.0 Å². The number of nitrogen functional groups attached to an aromatic ring is 1. The minimum Gasteiger partial charge on any atom is -0.398 e. The number of hydrogen-bond acceptors (Lipinski definition) is 4. The Morgan fingerprint density at radius 1 is 1.43 bits per heavy atom. The van der Waals surface area contributed by atoms with E-state index in [9.17, 15) is 26.4 Å². The lowest BCUT2D eigenvalue weighted by molar-refractivity contribution is -0.148. The fourth-order valence-corrected chi connectivity index (χ4v) is 2.57. The number of nitrogens with one attached hydrogen (secondary N) is 1. The first-order valence-electron chi connectivity index (χ1n) is 5.28. The average molecular weight is 438 g/mol. The van der Waals surface area contributed by atoms with Gasteiger partial charge in [0, 0.05) is 9.26 Å². The molecule has 0 fully saturated rings. The Morgan fingerprint density at radius 3 is 2.48 bits per heavy atom. The van der Waals surface area contributed by atoms with Crippen molar-refractivity contribution < 1.29 is 30.9 Å². The van der Waals surface area contributed by atoms with E-state index in [-0.39, 0.29) is 11.3 Å². The molecule has 0 saturated heterocycles. The van der Waals surface area contributed by atoms with Crippen molar-refractivity contribution in [3.8, 4) is 0 Å². The predicted octanol–water partition coefficient (Wildman–Crippen LogP) is 1.42. The van der Waals surface area contributed by atoms with Gasteiger partial charge in [0.05, 0.1) is 5.56 Å². The van der Waals surface area contributed by atoms with Crippen LogP contribution in [0, 0.1) is 3.57 Å². The van der Waals surface area contributed by atoms with Gasteiger partial charge in [-0.25, -0.2) is 0 Å². The number of amides is 1. The van der Waals surface area contributed by atoms with Gasteiger partial charge in [-0.15, -0.1) is 0 Å². The molecule has 0 aromatic heterocycles. The Bertz CT molecular complexity index is 648. The van der Waals surface area contributed by atoms with Crippen molar-refractivity contribution in [1.29, 1.82) is 0 Å². The zero-order valence-corrected chi connectivity index (χ0v) is 13.2. The molecular weight excluding hydrogens is 428 g/mol. The Kier molecular flexibility index (Phi) is 5.44. The smallest absolute Gasteiger partial charge is 0.398 e. The molecule has 118 valence electrons. The van der Waals surface area contributed by atoms with Gasteiger partial charge in [-0.3, -0.25) is 9.35 Å². The molecule has 0 saturated carbocycles. The van der Waals surface area contributed by atoms with Crippen LogP contribution in [0.4, 0.5) is 18.9 Å². The van der Waals surface area contributed by atoms with Crippen molar-refractivity contribution >= 4 is 44.3 Å². The lowest BCUT2D eigenvalue weighted by atomic mass is 10.1. The van der Waals surface area contributed by atoms with E-state index in [2.05, 4.69) is 0 Å². The summed E-state index contributed by atoms with van der Waals surface area (Å²) >= 11 is 1.83. The van der Waals surface area contributed by atoms with E-state index in [0.717, 1.165) is 0 Å². The van der Waals surface area contributed by atoms with Crippen LogP contribution in [-0.4, -0.2) is 36.8 Å². The van der Waals surface area contributed by atoms with E-state index in [1.54, 1.807) is 6.07 Å². The normalized spacial score (nSPS) is 13.8. The van der Waals surface area contributed by atoms with Gasteiger partial charge in [0.25, 0.3) is 16.0 Å². The van der Waals surface area contributed by atoms with Crippen LogP contribution in [0.2, 0.25) is 0 Å². The Hall–Kier alpha value is -1.08. The molecule has 1 aromatic carbocycles. The van der Waals surface area contributed by atoms with E-state index in [0.29, 0.717) is 3.57 Å². The standard InChI is InChI=1S/C10H10F3IN2O4S/c11-10(12,13)8(4-21(18,19)20)16-9(17)6-3-5(14)1-2-7(6)15/h1-3,8H,4,15H2,(H,16,17)(H,18,19,20). The molecule has 4 N–H and O–H groups in total. The topological polar surface area (TPSA) is 109 Å². The van der Waals surface area contributed by atoms with Gasteiger partial charge in [0.2, 0.25) is 0 Å². The first-order chi connectivity index (χ1) is 9.40. The van der Waals surface area contributed by atoms with Gasteiger partial charge in [-0.2, -0.15) is 21.6 Å². The Balaban J connectivity index is 3.03. The van der Waals surface area contributed by atoms with E-state index >= 15 is 0 Å². The molecule has 0 aliphatic heterocycles. The highest BCUT2D eigenvalue weighted by Crippen LogP contribution is 2.23. The van der Waals surface area contributed by atoms with Crippen molar-refractivity contribution in [1.82, 2.24) is 5.32 Å². The highest BCUT2D eigenvalue weighted by atomic mass is 127. The van der Waals surface area contributed by atoms with Gasteiger partial charge >= 0.3 is 6.18 Å². The summed E-state index contributed by atoms with van der Waals surface area (Å²) < 4.78 is 68.4. The van der Waals surface area contributed by atoms with Crippen LogP contribution in [0.3, 0.4) is 0 Å². The first-order valence-corrected chi connectivity index (χ1v) is 7.96. The molecule has 0 bridgehead atoms. The summed E-state index contributed by atoms with van der Waals surface area (Å²) in [5.41, 5.74) is 5.22. The number of carbonyl (C=O) groups is 1. The second-order valence-corrected chi connectivity index (χ2v) is 6.79. The monoisotopic (exact) mass is 438 g/mol. The summed E-state index contributed by atoms with van der Waals surface area (Å²) in [5, 5.41) is 1.51. The summed E-state index contributed by atoms with van der Waals surface area (Å²) in [7, 11) is -4.92. The fourth-order valence-electron chi connectivity index (χ4n) is 1.39. The fraction of sp³-hybridized carbons (Fsp3) is 0.300. The van der Waals surface area contributed by atoms with Crippen LogP contribution in [0.25, 0.3) is 0 Å². The molecule has 0 aliphatic carbocycles. The van der Waals surface area contributed by atoms with E-state index in [4.69, 9.17) is 10.3 Å². The molecule has 1 atom stereocenters. The largest absolute Gasteiger partial charge is 0.409 e. The molecule has 6 nitrogen and oxygen atoms in total. The summed E-state index contributed by atoms with van der Waals surface area (Å²) in [6.07, 6.45) is -5.04. The van der Waals surface area contributed by atoms with Crippen LogP contribution in [0.5, 0.6) is 0 Å². The third kappa shape index (κ3) is 5.67. The van der Waals surface area contributed by atoms with Crippen molar-refractivity contribution in [3.63, 3.8) is 0 Å². The number of benzene rings is 1. The molecule has 1 aromatic rings. The second-order valence-electron chi connectivity index (χ2n) is 4.05. The number of halogens is 4. The zero-order chi connectivity index (χ0) is 16.4. The maximum absolute atomic E-state index is 12.7. The van der Waals surface area contributed by atoms with Gasteiger partial charge in [-0.05, 0) is 40.8 Å². The van der Waals surface area contributed by atoms with Crippen LogP contribution < -0.4 is 11.1 Å². The highest BCUT2D eigenvalue weighted by Gasteiger charge is 2.43. The second kappa shape index (κ2) is 6.36.